The number of nitrogens with zero attached hydrogens (tertiary/aromatic N) is 3. The molecule has 1 saturated heterocycles. The molecule has 2 aromatic rings. The summed E-state index contributed by atoms with van der Waals surface area (Å²) in [6.07, 6.45) is 1.89. The summed E-state index contributed by atoms with van der Waals surface area (Å²) < 4.78 is 11.5. The average Bonchev–Trinajstić information content (AvgIpc) is 3.23. The molecule has 8 nitrogen and oxygen atoms in total. The zero-order chi connectivity index (χ0) is 23.3. The second-order valence-corrected chi connectivity index (χ2v) is 9.31. The Bertz CT molecular complexity index is 920. The highest BCUT2D eigenvalue weighted by molar-refractivity contribution is 5.94. The van der Waals surface area contributed by atoms with Crippen molar-refractivity contribution >= 4 is 11.9 Å². The number of aliphatic imine (C=N–C) groups is 1. The van der Waals surface area contributed by atoms with Gasteiger partial charge in [-0.05, 0) is 31.5 Å². The number of nitrogens with one attached hydrogen (secondary N) is 2. The van der Waals surface area contributed by atoms with E-state index in [2.05, 4.69) is 41.4 Å². The van der Waals surface area contributed by atoms with Gasteiger partial charge >= 0.3 is 0 Å². The van der Waals surface area contributed by atoms with Crippen molar-refractivity contribution in [1.29, 1.82) is 0 Å². The van der Waals surface area contributed by atoms with Crippen LogP contribution in [0.15, 0.2) is 39.9 Å². The fourth-order valence-corrected chi connectivity index (χ4v) is 3.60. The first kappa shape index (κ1) is 23.8. The minimum Gasteiger partial charge on any atom is -0.443 e. The fraction of sp³-hybridized carbons (Fsp3) is 0.542. The predicted molar refractivity (Wildman–Crippen MR) is 125 cm³/mol. The van der Waals surface area contributed by atoms with Crippen LogP contribution < -0.4 is 10.6 Å². The van der Waals surface area contributed by atoms with Crippen LogP contribution in [0, 0.1) is 0 Å². The largest absolute Gasteiger partial charge is 0.443 e. The summed E-state index contributed by atoms with van der Waals surface area (Å²) in [4.78, 5) is 23.2. The lowest BCUT2D eigenvalue weighted by Gasteiger charge is -2.35. The Morgan fingerprint density at radius 1 is 1.12 bits per heavy atom. The number of hydrogen-bond acceptors (Lipinski definition) is 5. The lowest BCUT2D eigenvalue weighted by molar-refractivity contribution is -0.0586. The van der Waals surface area contributed by atoms with Gasteiger partial charge in [0.1, 0.15) is 5.76 Å². The molecule has 174 valence electrons. The zero-order valence-electron chi connectivity index (χ0n) is 19.9. The number of aromatic nitrogens is 1. The van der Waals surface area contributed by atoms with E-state index in [9.17, 15) is 4.79 Å². The van der Waals surface area contributed by atoms with E-state index in [0.29, 0.717) is 43.6 Å². The number of amides is 1. The second kappa shape index (κ2) is 10.2. The SMILES string of the molecule is CN=C(NCc1ccc(C(=O)N2CC(C)OC(C)C2)cc1)NCc1ncc(C(C)(C)C)o1. The van der Waals surface area contributed by atoms with Gasteiger partial charge in [0.05, 0.1) is 24.9 Å². The van der Waals surface area contributed by atoms with Gasteiger partial charge in [-0.1, -0.05) is 32.9 Å². The molecule has 3 rings (SSSR count). The van der Waals surface area contributed by atoms with E-state index in [-0.39, 0.29) is 23.5 Å². The lowest BCUT2D eigenvalue weighted by atomic mass is 9.94. The van der Waals surface area contributed by atoms with Crippen LogP contribution >= 0.6 is 0 Å². The van der Waals surface area contributed by atoms with Gasteiger partial charge in [-0.3, -0.25) is 9.79 Å². The molecule has 1 aromatic heterocycles. The van der Waals surface area contributed by atoms with Crippen molar-refractivity contribution in [2.24, 2.45) is 4.99 Å². The summed E-state index contributed by atoms with van der Waals surface area (Å²) in [7, 11) is 1.72. The molecule has 2 heterocycles. The summed E-state index contributed by atoms with van der Waals surface area (Å²) >= 11 is 0. The van der Waals surface area contributed by atoms with Gasteiger partial charge < -0.3 is 24.7 Å². The summed E-state index contributed by atoms with van der Waals surface area (Å²) in [6.45, 7) is 12.5. The van der Waals surface area contributed by atoms with Crippen molar-refractivity contribution in [3.8, 4) is 0 Å². The number of carbonyl (C=O) groups is 1. The quantitative estimate of drug-likeness (QED) is 0.547. The molecule has 0 spiro atoms. The van der Waals surface area contributed by atoms with E-state index < -0.39 is 0 Å². The third kappa shape index (κ3) is 6.32. The molecule has 2 N–H and O–H groups in total. The number of ether oxygens (including phenoxy) is 1. The van der Waals surface area contributed by atoms with Crippen LogP contribution in [0.1, 0.15) is 62.2 Å². The Hall–Kier alpha value is -2.87. The van der Waals surface area contributed by atoms with E-state index in [0.717, 1.165) is 11.3 Å². The molecular weight excluding hydrogens is 406 g/mol. The molecule has 0 radical (unpaired) electrons. The van der Waals surface area contributed by atoms with E-state index in [1.54, 1.807) is 13.2 Å². The Morgan fingerprint density at radius 2 is 1.75 bits per heavy atom. The summed E-state index contributed by atoms with van der Waals surface area (Å²) in [5, 5.41) is 6.49. The smallest absolute Gasteiger partial charge is 0.254 e. The first-order chi connectivity index (χ1) is 15.2. The molecule has 32 heavy (non-hydrogen) atoms. The van der Waals surface area contributed by atoms with Crippen molar-refractivity contribution in [3.63, 3.8) is 0 Å². The lowest BCUT2D eigenvalue weighted by Crippen LogP contribution is -2.48. The molecule has 1 fully saturated rings. The van der Waals surface area contributed by atoms with Gasteiger partial charge in [0.2, 0.25) is 5.89 Å². The molecule has 1 aromatic carbocycles. The monoisotopic (exact) mass is 441 g/mol. The van der Waals surface area contributed by atoms with Gasteiger partial charge in [-0.15, -0.1) is 0 Å². The maximum Gasteiger partial charge on any atom is 0.254 e. The van der Waals surface area contributed by atoms with Gasteiger partial charge in [0.25, 0.3) is 5.91 Å². The van der Waals surface area contributed by atoms with Gasteiger partial charge in [0, 0.05) is 37.7 Å². The number of carbonyl (C=O) groups excluding carboxylic acids is 1. The highest BCUT2D eigenvalue weighted by Crippen LogP contribution is 2.22. The Labute approximate surface area is 190 Å². The van der Waals surface area contributed by atoms with Crippen molar-refractivity contribution in [2.75, 3.05) is 20.1 Å². The third-order valence-corrected chi connectivity index (χ3v) is 5.29. The molecule has 0 aliphatic carbocycles. The van der Waals surface area contributed by atoms with Crippen molar-refractivity contribution in [3.05, 3.63) is 53.2 Å². The van der Waals surface area contributed by atoms with E-state index in [1.165, 1.54) is 0 Å². The molecule has 1 amide bonds. The highest BCUT2D eigenvalue weighted by Gasteiger charge is 2.26. The maximum atomic E-state index is 12.8. The number of morpholine rings is 1. The summed E-state index contributed by atoms with van der Waals surface area (Å²) in [6, 6.07) is 7.68. The summed E-state index contributed by atoms with van der Waals surface area (Å²) in [5.74, 6) is 2.17. The zero-order valence-corrected chi connectivity index (χ0v) is 19.9. The van der Waals surface area contributed by atoms with E-state index in [4.69, 9.17) is 9.15 Å². The number of rotatable bonds is 5. The molecule has 1 aliphatic rings. The first-order valence-corrected chi connectivity index (χ1v) is 11.1. The molecule has 0 bridgehead atoms. The van der Waals surface area contributed by atoms with Crippen molar-refractivity contribution < 1.29 is 13.9 Å². The minimum absolute atomic E-state index is 0.0459. The number of guanidine groups is 1. The maximum absolute atomic E-state index is 12.8. The first-order valence-electron chi connectivity index (χ1n) is 11.1. The fourth-order valence-electron chi connectivity index (χ4n) is 3.60. The summed E-state index contributed by atoms with van der Waals surface area (Å²) in [5.41, 5.74) is 1.67. The molecular formula is C24H35N5O3. The standard InChI is InChI=1S/C24H35N5O3/c1-16-14-29(15-17(2)31-16)22(30)19-9-7-18(8-10-19)11-27-23(25-6)28-13-21-26-12-20(32-21)24(3,4)5/h7-10,12,16-17H,11,13-15H2,1-6H3,(H2,25,27,28). The highest BCUT2D eigenvalue weighted by atomic mass is 16.5. The van der Waals surface area contributed by atoms with Gasteiger partial charge in [-0.25, -0.2) is 4.98 Å². The molecule has 0 saturated carbocycles. The Kier molecular flexibility index (Phi) is 7.56. The normalized spacial score (nSPS) is 19.7. The van der Waals surface area contributed by atoms with Gasteiger partial charge in [-0.2, -0.15) is 0 Å². The second-order valence-electron chi connectivity index (χ2n) is 9.31. The van der Waals surface area contributed by atoms with Crippen molar-refractivity contribution in [2.45, 2.75) is 65.3 Å². The van der Waals surface area contributed by atoms with Crippen LogP contribution in [-0.2, 0) is 23.2 Å². The topological polar surface area (TPSA) is 92.0 Å². The minimum atomic E-state index is -0.0724. The molecule has 2 unspecified atom stereocenters. The number of benzene rings is 1. The Balaban J connectivity index is 1.50. The van der Waals surface area contributed by atoms with Crippen LogP contribution in [-0.4, -0.2) is 54.1 Å². The van der Waals surface area contributed by atoms with Crippen molar-refractivity contribution in [1.82, 2.24) is 20.5 Å². The average molecular weight is 442 g/mol. The van der Waals surface area contributed by atoms with Crippen LogP contribution in [0.25, 0.3) is 0 Å². The van der Waals surface area contributed by atoms with E-state index in [1.807, 2.05) is 43.0 Å². The van der Waals surface area contributed by atoms with Crippen LogP contribution in [0.2, 0.25) is 0 Å². The van der Waals surface area contributed by atoms with E-state index >= 15 is 0 Å². The number of oxazole rings is 1. The Morgan fingerprint density at radius 3 is 2.31 bits per heavy atom. The number of hydrogen-bond donors (Lipinski definition) is 2. The van der Waals surface area contributed by atoms with Crippen LogP contribution in [0.5, 0.6) is 0 Å². The molecule has 8 heteroatoms. The predicted octanol–water partition coefficient (Wildman–Crippen LogP) is 3.09. The third-order valence-electron chi connectivity index (χ3n) is 5.29. The van der Waals surface area contributed by atoms with Gasteiger partial charge in [0.15, 0.2) is 5.96 Å². The van der Waals surface area contributed by atoms with Crippen LogP contribution in [0.4, 0.5) is 0 Å². The molecule has 1 aliphatic heterocycles. The molecule has 2 atom stereocenters. The van der Waals surface area contributed by atoms with Crippen LogP contribution in [0.3, 0.4) is 0 Å².